The maximum atomic E-state index is 12.6. The third-order valence-corrected chi connectivity index (χ3v) is 4.51. The SMILES string of the molecule is C[C@@H](OC(=O)c1ccc(OCC(N)=O)cc1)C(=O)c1ccc2c(c1)CCC2. The molecule has 2 aromatic rings. The van der Waals surface area contributed by atoms with Gasteiger partial charge < -0.3 is 15.2 Å². The first-order valence-electron chi connectivity index (χ1n) is 8.82. The number of benzene rings is 2. The van der Waals surface area contributed by atoms with Crippen molar-refractivity contribution < 1.29 is 23.9 Å². The summed E-state index contributed by atoms with van der Waals surface area (Å²) < 4.78 is 10.4. The van der Waals surface area contributed by atoms with Crippen molar-refractivity contribution in [2.75, 3.05) is 6.61 Å². The monoisotopic (exact) mass is 367 g/mol. The van der Waals surface area contributed by atoms with Crippen LogP contribution in [0.25, 0.3) is 0 Å². The summed E-state index contributed by atoms with van der Waals surface area (Å²) in [4.78, 5) is 35.5. The van der Waals surface area contributed by atoms with E-state index in [0.717, 1.165) is 19.3 Å². The third-order valence-electron chi connectivity index (χ3n) is 4.51. The van der Waals surface area contributed by atoms with Gasteiger partial charge in [-0.25, -0.2) is 4.79 Å². The topological polar surface area (TPSA) is 95.7 Å². The average Bonchev–Trinajstić information content (AvgIpc) is 3.13. The fourth-order valence-electron chi connectivity index (χ4n) is 3.08. The summed E-state index contributed by atoms with van der Waals surface area (Å²) in [5.41, 5.74) is 8.34. The number of rotatable bonds is 7. The van der Waals surface area contributed by atoms with Gasteiger partial charge in [0.25, 0.3) is 5.91 Å². The van der Waals surface area contributed by atoms with Crippen LogP contribution in [-0.4, -0.2) is 30.4 Å². The average molecular weight is 367 g/mol. The predicted molar refractivity (Wildman–Crippen MR) is 98.8 cm³/mol. The maximum Gasteiger partial charge on any atom is 0.338 e. The van der Waals surface area contributed by atoms with Crippen molar-refractivity contribution in [3.63, 3.8) is 0 Å². The van der Waals surface area contributed by atoms with Gasteiger partial charge in [-0.2, -0.15) is 0 Å². The van der Waals surface area contributed by atoms with Crippen molar-refractivity contribution in [2.24, 2.45) is 5.73 Å². The van der Waals surface area contributed by atoms with Gasteiger partial charge in [0.05, 0.1) is 5.56 Å². The standard InChI is InChI=1S/C21H21NO5/c1-13(20(24)17-6-5-14-3-2-4-16(14)11-17)27-21(25)15-7-9-18(10-8-15)26-12-19(22)23/h5-11,13H,2-4,12H2,1H3,(H2,22,23)/t13-/m1/s1. The highest BCUT2D eigenvalue weighted by Gasteiger charge is 2.22. The fourth-order valence-corrected chi connectivity index (χ4v) is 3.08. The van der Waals surface area contributed by atoms with E-state index in [1.165, 1.54) is 35.4 Å². The molecule has 0 saturated heterocycles. The van der Waals surface area contributed by atoms with Crippen LogP contribution in [0.2, 0.25) is 0 Å². The Morgan fingerprint density at radius 2 is 1.67 bits per heavy atom. The highest BCUT2D eigenvalue weighted by molar-refractivity contribution is 6.01. The Kier molecular flexibility index (Phi) is 5.54. The van der Waals surface area contributed by atoms with Crippen molar-refractivity contribution in [3.05, 3.63) is 64.7 Å². The zero-order chi connectivity index (χ0) is 19.4. The zero-order valence-corrected chi connectivity index (χ0v) is 15.1. The molecular weight excluding hydrogens is 346 g/mol. The first kappa shape index (κ1) is 18.6. The van der Waals surface area contributed by atoms with Crippen molar-refractivity contribution in [1.82, 2.24) is 0 Å². The number of primary amides is 1. The normalized spacial score (nSPS) is 13.5. The fraction of sp³-hybridized carbons (Fsp3) is 0.286. The van der Waals surface area contributed by atoms with E-state index in [1.807, 2.05) is 12.1 Å². The van der Waals surface area contributed by atoms with E-state index in [2.05, 4.69) is 0 Å². The van der Waals surface area contributed by atoms with Crippen LogP contribution in [-0.2, 0) is 22.4 Å². The van der Waals surface area contributed by atoms with Crippen LogP contribution in [0.15, 0.2) is 42.5 Å². The van der Waals surface area contributed by atoms with Crippen LogP contribution in [0.5, 0.6) is 5.75 Å². The quantitative estimate of drug-likeness (QED) is 0.599. The summed E-state index contributed by atoms with van der Waals surface area (Å²) in [6.07, 6.45) is 2.25. The van der Waals surface area contributed by atoms with E-state index in [1.54, 1.807) is 13.0 Å². The second-order valence-electron chi connectivity index (χ2n) is 6.53. The minimum atomic E-state index is -0.886. The number of carbonyl (C=O) groups excluding carboxylic acids is 3. The first-order chi connectivity index (χ1) is 12.9. The smallest absolute Gasteiger partial charge is 0.338 e. The van der Waals surface area contributed by atoms with Crippen molar-refractivity contribution in [1.29, 1.82) is 0 Å². The Labute approximate surface area is 157 Å². The lowest BCUT2D eigenvalue weighted by molar-refractivity contribution is -0.119. The molecule has 1 amide bonds. The van der Waals surface area contributed by atoms with Crippen LogP contribution in [0.1, 0.15) is 45.2 Å². The molecular formula is C21H21NO5. The van der Waals surface area contributed by atoms with Gasteiger partial charge in [0.1, 0.15) is 5.75 Å². The number of amides is 1. The third kappa shape index (κ3) is 4.53. The summed E-state index contributed by atoms with van der Waals surface area (Å²) in [5, 5.41) is 0. The second-order valence-corrected chi connectivity index (χ2v) is 6.53. The van der Waals surface area contributed by atoms with Gasteiger partial charge in [-0.15, -0.1) is 0 Å². The molecule has 1 aliphatic carbocycles. The Hall–Kier alpha value is -3.15. The molecule has 140 valence electrons. The number of ketones is 1. The van der Waals surface area contributed by atoms with E-state index >= 15 is 0 Å². The minimum absolute atomic E-state index is 0.223. The molecule has 3 rings (SSSR count). The number of carbonyl (C=O) groups is 3. The van der Waals surface area contributed by atoms with Gasteiger partial charge in [0.15, 0.2) is 12.7 Å². The molecule has 0 spiro atoms. The minimum Gasteiger partial charge on any atom is -0.484 e. The van der Waals surface area contributed by atoms with E-state index in [9.17, 15) is 14.4 Å². The van der Waals surface area contributed by atoms with Crippen LogP contribution in [0, 0.1) is 0 Å². The van der Waals surface area contributed by atoms with Gasteiger partial charge in [0.2, 0.25) is 5.78 Å². The number of ether oxygens (including phenoxy) is 2. The number of aryl methyl sites for hydroxylation is 2. The molecule has 0 aliphatic heterocycles. The molecule has 0 bridgehead atoms. The lowest BCUT2D eigenvalue weighted by Gasteiger charge is -2.13. The molecule has 2 N–H and O–H groups in total. The van der Waals surface area contributed by atoms with Gasteiger partial charge in [-0.3, -0.25) is 9.59 Å². The largest absolute Gasteiger partial charge is 0.484 e. The van der Waals surface area contributed by atoms with E-state index in [4.69, 9.17) is 15.2 Å². The second kappa shape index (κ2) is 8.03. The number of hydrogen-bond acceptors (Lipinski definition) is 5. The lowest BCUT2D eigenvalue weighted by Crippen LogP contribution is -2.24. The number of Topliss-reactive ketones (excluding diaryl/α,β-unsaturated/α-hetero) is 1. The van der Waals surface area contributed by atoms with Crippen LogP contribution in [0.3, 0.4) is 0 Å². The van der Waals surface area contributed by atoms with Gasteiger partial charge in [-0.05, 0) is 67.6 Å². The predicted octanol–water partition coefficient (Wildman–Crippen LogP) is 2.47. The van der Waals surface area contributed by atoms with Crippen molar-refractivity contribution >= 4 is 17.7 Å². The number of hydrogen-bond donors (Lipinski definition) is 1. The van der Waals surface area contributed by atoms with E-state index < -0.39 is 18.0 Å². The van der Waals surface area contributed by atoms with Crippen LogP contribution >= 0.6 is 0 Å². The maximum absolute atomic E-state index is 12.6. The number of esters is 1. The molecule has 0 radical (unpaired) electrons. The van der Waals surface area contributed by atoms with Crippen molar-refractivity contribution in [3.8, 4) is 5.75 Å². The van der Waals surface area contributed by atoms with E-state index in [0.29, 0.717) is 11.3 Å². The molecule has 1 aliphatic rings. The molecule has 0 aromatic heterocycles. The molecule has 0 unspecified atom stereocenters. The Morgan fingerprint density at radius 1 is 1.00 bits per heavy atom. The molecule has 27 heavy (non-hydrogen) atoms. The Morgan fingerprint density at radius 3 is 2.37 bits per heavy atom. The van der Waals surface area contributed by atoms with Gasteiger partial charge in [-0.1, -0.05) is 12.1 Å². The summed E-state index contributed by atoms with van der Waals surface area (Å²) >= 11 is 0. The first-order valence-corrected chi connectivity index (χ1v) is 8.82. The highest BCUT2D eigenvalue weighted by atomic mass is 16.5. The lowest BCUT2D eigenvalue weighted by atomic mass is 10.0. The molecule has 2 aromatic carbocycles. The number of nitrogens with two attached hydrogens (primary N) is 1. The Balaban J connectivity index is 1.61. The molecule has 0 fully saturated rings. The number of fused-ring (bicyclic) bond motifs is 1. The van der Waals surface area contributed by atoms with Gasteiger partial charge >= 0.3 is 5.97 Å². The van der Waals surface area contributed by atoms with E-state index in [-0.39, 0.29) is 18.0 Å². The van der Waals surface area contributed by atoms with Crippen molar-refractivity contribution in [2.45, 2.75) is 32.3 Å². The molecule has 6 heteroatoms. The molecule has 1 atom stereocenters. The molecule has 0 saturated carbocycles. The molecule has 0 heterocycles. The highest BCUT2D eigenvalue weighted by Crippen LogP contribution is 2.24. The van der Waals surface area contributed by atoms with Crippen LogP contribution in [0.4, 0.5) is 0 Å². The summed E-state index contributed by atoms with van der Waals surface area (Å²) in [6, 6.07) is 11.8. The van der Waals surface area contributed by atoms with Gasteiger partial charge in [0, 0.05) is 5.56 Å². The summed E-state index contributed by atoms with van der Waals surface area (Å²) in [7, 11) is 0. The Bertz CT molecular complexity index is 873. The molecule has 6 nitrogen and oxygen atoms in total. The summed E-state index contributed by atoms with van der Waals surface area (Å²) in [6.45, 7) is 1.33. The zero-order valence-electron chi connectivity index (χ0n) is 15.1. The summed E-state index contributed by atoms with van der Waals surface area (Å²) in [5.74, 6) is -0.997. The van der Waals surface area contributed by atoms with Crippen LogP contribution < -0.4 is 10.5 Å².